The van der Waals surface area contributed by atoms with Crippen LogP contribution in [0, 0.1) is 6.92 Å². The van der Waals surface area contributed by atoms with Crippen LogP contribution < -0.4 is 9.62 Å². The van der Waals surface area contributed by atoms with Gasteiger partial charge in [-0.25, -0.2) is 8.42 Å². The van der Waals surface area contributed by atoms with Crippen molar-refractivity contribution >= 4 is 62.3 Å². The first-order valence-corrected chi connectivity index (χ1v) is 15.3. The minimum absolute atomic E-state index is 0.00695. The summed E-state index contributed by atoms with van der Waals surface area (Å²) in [6, 6.07) is 9.35. The Morgan fingerprint density at radius 3 is 2.08 bits per heavy atom. The largest absolute Gasteiger partial charge is 0.350 e. The van der Waals surface area contributed by atoms with Gasteiger partial charge in [0.05, 0.1) is 11.9 Å². The number of carbonyl (C=O) groups excluding carboxylic acids is 2. The molecule has 0 aliphatic rings. The van der Waals surface area contributed by atoms with Crippen molar-refractivity contribution in [3.8, 4) is 0 Å². The lowest BCUT2D eigenvalue weighted by Gasteiger charge is -2.33. The quantitative estimate of drug-likeness (QED) is 0.330. The fourth-order valence-electron chi connectivity index (χ4n) is 4.07. The number of hydrogen-bond acceptors (Lipinski definition) is 4. The summed E-state index contributed by atoms with van der Waals surface area (Å²) in [5.41, 5.74) is 1.14. The maximum Gasteiger partial charge on any atom is 0.243 e. The highest BCUT2D eigenvalue weighted by molar-refractivity contribution is 7.92. The van der Waals surface area contributed by atoms with Gasteiger partial charge >= 0.3 is 0 Å². The minimum atomic E-state index is -3.64. The Morgan fingerprint density at radius 2 is 1.55 bits per heavy atom. The second kappa shape index (κ2) is 13.4. The second-order valence-electron chi connectivity index (χ2n) is 10.2. The molecule has 0 aliphatic heterocycles. The van der Waals surface area contributed by atoms with E-state index in [1.54, 1.807) is 43.3 Å². The molecule has 0 saturated carbocycles. The number of halogens is 3. The van der Waals surface area contributed by atoms with Crippen molar-refractivity contribution < 1.29 is 18.0 Å². The predicted molar refractivity (Wildman–Crippen MR) is 157 cm³/mol. The van der Waals surface area contributed by atoms with Gasteiger partial charge in [-0.05, 0) is 70.4 Å². The maximum absolute atomic E-state index is 13.6. The number of benzene rings is 2. The Balaban J connectivity index is 2.33. The smallest absolute Gasteiger partial charge is 0.243 e. The molecule has 0 aliphatic carbocycles. The van der Waals surface area contributed by atoms with Gasteiger partial charge in [-0.15, -0.1) is 0 Å². The first kappa shape index (κ1) is 32.2. The monoisotopic (exact) mass is 603 g/mol. The molecular weight excluding hydrogens is 569 g/mol. The number of nitrogens with zero attached hydrogens (tertiary/aromatic N) is 2. The molecule has 0 spiro atoms. The van der Waals surface area contributed by atoms with E-state index < -0.39 is 21.6 Å². The summed E-state index contributed by atoms with van der Waals surface area (Å²) in [6.07, 6.45) is 1.71. The van der Waals surface area contributed by atoms with Crippen molar-refractivity contribution in [3.63, 3.8) is 0 Å². The molecule has 11 heteroatoms. The van der Waals surface area contributed by atoms with Gasteiger partial charge in [-0.1, -0.05) is 53.9 Å². The highest BCUT2D eigenvalue weighted by Gasteiger charge is 2.31. The van der Waals surface area contributed by atoms with E-state index in [0.717, 1.165) is 6.26 Å². The van der Waals surface area contributed by atoms with Gasteiger partial charge in [-0.2, -0.15) is 0 Å². The van der Waals surface area contributed by atoms with E-state index in [1.807, 2.05) is 27.7 Å². The topological polar surface area (TPSA) is 86.8 Å². The second-order valence-corrected chi connectivity index (χ2v) is 13.3. The van der Waals surface area contributed by atoms with Crippen LogP contribution in [0.5, 0.6) is 0 Å². The number of sulfonamides is 1. The van der Waals surface area contributed by atoms with Crippen LogP contribution in [0.3, 0.4) is 0 Å². The number of nitrogens with one attached hydrogen (secondary N) is 1. The number of rotatable bonds is 11. The third kappa shape index (κ3) is 8.76. The first-order valence-electron chi connectivity index (χ1n) is 12.3. The van der Waals surface area contributed by atoms with Gasteiger partial charge in [0.1, 0.15) is 6.04 Å². The number of amides is 2. The van der Waals surface area contributed by atoms with Crippen LogP contribution >= 0.6 is 34.8 Å². The third-order valence-corrected chi connectivity index (χ3v) is 8.23. The normalized spacial score (nSPS) is 12.7. The predicted octanol–water partition coefficient (Wildman–Crippen LogP) is 6.22. The molecule has 2 aromatic rings. The fourth-order valence-corrected chi connectivity index (χ4v) is 5.78. The molecule has 7 nitrogen and oxygen atoms in total. The molecule has 0 radical (unpaired) electrons. The van der Waals surface area contributed by atoms with Crippen molar-refractivity contribution in [1.82, 2.24) is 10.2 Å². The molecule has 2 amide bonds. The average Bonchev–Trinajstić information content (AvgIpc) is 2.78. The molecule has 2 aromatic carbocycles. The van der Waals surface area contributed by atoms with Crippen LogP contribution in [-0.4, -0.2) is 49.5 Å². The fraction of sp³-hybridized carbons (Fsp3) is 0.481. The van der Waals surface area contributed by atoms with Gasteiger partial charge in [0.15, 0.2) is 0 Å². The van der Waals surface area contributed by atoms with Gasteiger partial charge in [0, 0.05) is 45.7 Å². The Morgan fingerprint density at radius 1 is 1.00 bits per heavy atom. The summed E-state index contributed by atoms with van der Waals surface area (Å²) in [4.78, 5) is 28.3. The van der Waals surface area contributed by atoms with Gasteiger partial charge in [-0.3, -0.25) is 13.9 Å². The van der Waals surface area contributed by atoms with E-state index >= 15 is 0 Å². The zero-order chi connectivity index (χ0) is 28.8. The Kier molecular flexibility index (Phi) is 11.3. The molecule has 2 rings (SSSR count). The molecule has 0 fully saturated rings. The Bertz CT molecular complexity index is 1240. The summed E-state index contributed by atoms with van der Waals surface area (Å²) in [6.45, 7) is 9.28. The zero-order valence-corrected chi connectivity index (χ0v) is 25.7. The van der Waals surface area contributed by atoms with Crippen molar-refractivity contribution in [2.75, 3.05) is 17.1 Å². The SMILES string of the molecule is CC[C@H](C(=O)NC(C)(C)C)N(Cc1c(Cl)cccc1Cl)C(=O)CCCN(c1cccc(Cl)c1C)S(C)(=O)=O. The van der Waals surface area contributed by atoms with Gasteiger partial charge in [0.25, 0.3) is 0 Å². The van der Waals surface area contributed by atoms with Crippen LogP contribution in [-0.2, 0) is 26.2 Å². The number of anilines is 1. The highest BCUT2D eigenvalue weighted by Crippen LogP contribution is 2.30. The molecule has 38 heavy (non-hydrogen) atoms. The van der Waals surface area contributed by atoms with Crippen LogP contribution in [0.4, 0.5) is 5.69 Å². The lowest BCUT2D eigenvalue weighted by atomic mass is 10.0. The molecule has 0 aromatic heterocycles. The van der Waals surface area contributed by atoms with Crippen molar-refractivity contribution in [2.45, 2.75) is 72.0 Å². The zero-order valence-electron chi connectivity index (χ0n) is 22.6. The lowest BCUT2D eigenvalue weighted by molar-refractivity contribution is -0.142. The molecule has 0 unspecified atom stereocenters. The molecule has 0 saturated heterocycles. The van der Waals surface area contributed by atoms with Gasteiger partial charge in [0.2, 0.25) is 21.8 Å². The van der Waals surface area contributed by atoms with Crippen molar-refractivity contribution in [3.05, 3.63) is 62.6 Å². The van der Waals surface area contributed by atoms with Crippen LogP contribution in [0.2, 0.25) is 15.1 Å². The van der Waals surface area contributed by atoms with Crippen LogP contribution in [0.15, 0.2) is 36.4 Å². The number of carbonyl (C=O) groups is 2. The number of hydrogen-bond donors (Lipinski definition) is 1. The van der Waals surface area contributed by atoms with Gasteiger partial charge < -0.3 is 10.2 Å². The summed E-state index contributed by atoms with van der Waals surface area (Å²) in [7, 11) is -3.64. The maximum atomic E-state index is 13.6. The first-order chi connectivity index (χ1) is 17.6. The van der Waals surface area contributed by atoms with Crippen molar-refractivity contribution in [2.24, 2.45) is 0 Å². The summed E-state index contributed by atoms with van der Waals surface area (Å²) >= 11 is 19.0. The molecule has 0 heterocycles. The molecule has 1 atom stereocenters. The third-order valence-electron chi connectivity index (χ3n) is 5.93. The van der Waals surface area contributed by atoms with Crippen LogP contribution in [0.1, 0.15) is 58.1 Å². The van der Waals surface area contributed by atoms with E-state index in [0.29, 0.717) is 38.3 Å². The van der Waals surface area contributed by atoms with Crippen LogP contribution in [0.25, 0.3) is 0 Å². The van der Waals surface area contributed by atoms with Crippen molar-refractivity contribution in [1.29, 1.82) is 0 Å². The Hall–Kier alpha value is -2.00. The average molecular weight is 605 g/mol. The van der Waals surface area contributed by atoms with E-state index in [9.17, 15) is 18.0 Å². The molecular formula is C27H36Cl3N3O4S. The molecule has 0 bridgehead atoms. The summed E-state index contributed by atoms with van der Waals surface area (Å²) in [5.74, 6) is -0.600. The summed E-state index contributed by atoms with van der Waals surface area (Å²) < 4.78 is 26.5. The molecule has 1 N–H and O–H groups in total. The lowest BCUT2D eigenvalue weighted by Crippen LogP contribution is -2.53. The standard InChI is InChI=1S/C27H36Cl3N3O4S/c1-7-23(26(35)31-27(3,4)5)32(17-19-21(29)12-8-13-22(19)30)25(34)15-10-16-33(38(6,36)37)24-14-9-11-20(28)18(24)2/h8-9,11-14,23H,7,10,15-17H2,1-6H3,(H,31,35)/t23-/m1/s1. The Labute approximate surface area is 241 Å². The molecule has 210 valence electrons. The minimum Gasteiger partial charge on any atom is -0.350 e. The van der Waals surface area contributed by atoms with E-state index in [1.165, 1.54) is 9.21 Å². The summed E-state index contributed by atoms with van der Waals surface area (Å²) in [5, 5.41) is 4.18. The van der Waals surface area contributed by atoms with E-state index in [2.05, 4.69) is 5.32 Å². The highest BCUT2D eigenvalue weighted by atomic mass is 35.5. The van der Waals surface area contributed by atoms with E-state index in [-0.39, 0.29) is 37.7 Å². The van der Waals surface area contributed by atoms with E-state index in [4.69, 9.17) is 34.8 Å².